The fourth-order valence-electron chi connectivity index (χ4n) is 3.16. The summed E-state index contributed by atoms with van der Waals surface area (Å²) in [5, 5.41) is 5.42. The van der Waals surface area contributed by atoms with Crippen molar-refractivity contribution in [1.82, 2.24) is 29.6 Å². The summed E-state index contributed by atoms with van der Waals surface area (Å²) in [6, 6.07) is 5.16. The highest BCUT2D eigenvalue weighted by Gasteiger charge is 2.22. The average Bonchev–Trinajstić information content (AvgIpc) is 3.37. The van der Waals surface area contributed by atoms with E-state index in [0.29, 0.717) is 22.5 Å². The Morgan fingerprint density at radius 3 is 2.83 bits per heavy atom. The van der Waals surface area contributed by atoms with Gasteiger partial charge in [-0.3, -0.25) is 9.48 Å². The number of carbonyl (C=O) groups excluding carboxylic acids is 1. The molecule has 0 fully saturated rings. The lowest BCUT2D eigenvalue weighted by Gasteiger charge is -2.18. The summed E-state index contributed by atoms with van der Waals surface area (Å²) in [5.41, 5.74) is 2.84. The third kappa shape index (κ3) is 3.58. The molecule has 0 saturated carbocycles. The molecule has 0 atom stereocenters. The molecule has 148 valence electrons. The number of hydrogen-bond donors (Lipinski definition) is 0. The molecule has 0 bridgehead atoms. The maximum absolute atomic E-state index is 13.3. The van der Waals surface area contributed by atoms with Crippen LogP contribution in [0.15, 0.2) is 41.3 Å². The van der Waals surface area contributed by atoms with Crippen molar-refractivity contribution in [2.75, 3.05) is 7.05 Å². The van der Waals surface area contributed by atoms with Gasteiger partial charge in [-0.1, -0.05) is 11.6 Å². The van der Waals surface area contributed by atoms with Gasteiger partial charge in [-0.25, -0.2) is 15.0 Å². The van der Waals surface area contributed by atoms with Gasteiger partial charge in [0.15, 0.2) is 0 Å². The molecule has 0 saturated heterocycles. The summed E-state index contributed by atoms with van der Waals surface area (Å²) >= 11 is 6.16. The van der Waals surface area contributed by atoms with Crippen molar-refractivity contribution in [2.45, 2.75) is 26.9 Å². The van der Waals surface area contributed by atoms with Crippen LogP contribution in [0.5, 0.6) is 0 Å². The summed E-state index contributed by atoms with van der Waals surface area (Å²) in [7, 11) is 1.73. The lowest BCUT2D eigenvalue weighted by Crippen LogP contribution is -2.27. The highest BCUT2D eigenvalue weighted by atomic mass is 35.5. The Hall–Kier alpha value is -3.26. The van der Waals surface area contributed by atoms with E-state index in [1.807, 2.05) is 18.5 Å². The lowest BCUT2D eigenvalue weighted by atomic mass is 10.1. The molecule has 29 heavy (non-hydrogen) atoms. The number of carbonyl (C=O) groups is 1. The molecule has 0 N–H and O–H groups in total. The fourth-order valence-corrected chi connectivity index (χ4v) is 3.33. The van der Waals surface area contributed by atoms with Crippen LogP contribution in [0.1, 0.15) is 28.7 Å². The van der Waals surface area contributed by atoms with E-state index in [4.69, 9.17) is 16.0 Å². The topological polar surface area (TPSA) is 89.9 Å². The molecule has 4 aromatic rings. The van der Waals surface area contributed by atoms with Gasteiger partial charge in [0, 0.05) is 41.8 Å². The number of aryl methyl sites for hydroxylation is 1. The Balaban J connectivity index is 1.75. The summed E-state index contributed by atoms with van der Waals surface area (Å²) in [5.74, 6) is 0.242. The first kappa shape index (κ1) is 19.1. The van der Waals surface area contributed by atoms with Crippen molar-refractivity contribution < 1.29 is 9.21 Å². The van der Waals surface area contributed by atoms with Crippen LogP contribution in [-0.2, 0) is 13.1 Å². The molecule has 0 spiro atoms. The predicted molar refractivity (Wildman–Crippen MR) is 108 cm³/mol. The van der Waals surface area contributed by atoms with E-state index in [1.54, 1.807) is 36.3 Å². The van der Waals surface area contributed by atoms with Crippen molar-refractivity contribution in [1.29, 1.82) is 0 Å². The van der Waals surface area contributed by atoms with Crippen LogP contribution >= 0.6 is 11.6 Å². The molecular weight excluding hydrogens is 392 g/mol. The van der Waals surface area contributed by atoms with E-state index < -0.39 is 0 Å². The summed E-state index contributed by atoms with van der Waals surface area (Å²) in [6.07, 6.45) is 4.73. The number of rotatable bonds is 5. The van der Waals surface area contributed by atoms with Crippen molar-refractivity contribution in [3.8, 4) is 11.7 Å². The number of halogens is 1. The zero-order valence-corrected chi connectivity index (χ0v) is 17.0. The van der Waals surface area contributed by atoms with Crippen molar-refractivity contribution >= 4 is 28.4 Å². The van der Waals surface area contributed by atoms with Gasteiger partial charge in [0.1, 0.15) is 12.0 Å². The molecule has 8 nitrogen and oxygen atoms in total. The van der Waals surface area contributed by atoms with Crippen molar-refractivity contribution in [3.63, 3.8) is 0 Å². The van der Waals surface area contributed by atoms with Crippen LogP contribution < -0.4 is 0 Å². The van der Waals surface area contributed by atoms with E-state index >= 15 is 0 Å². The molecule has 0 aliphatic carbocycles. The first-order valence-corrected chi connectivity index (χ1v) is 9.49. The van der Waals surface area contributed by atoms with E-state index in [2.05, 4.69) is 20.1 Å². The third-order valence-corrected chi connectivity index (χ3v) is 4.98. The third-order valence-electron chi connectivity index (χ3n) is 4.74. The second kappa shape index (κ2) is 7.63. The highest BCUT2D eigenvalue weighted by molar-refractivity contribution is 6.31. The number of aromatic nitrogens is 5. The molecule has 9 heteroatoms. The molecule has 3 aromatic heterocycles. The van der Waals surface area contributed by atoms with Gasteiger partial charge in [-0.05, 0) is 32.0 Å². The maximum Gasteiger partial charge on any atom is 0.273 e. The van der Waals surface area contributed by atoms with Crippen LogP contribution in [0.3, 0.4) is 0 Å². The largest absolute Gasteiger partial charge is 0.442 e. The Morgan fingerprint density at radius 1 is 1.31 bits per heavy atom. The second-order valence-corrected chi connectivity index (χ2v) is 7.06. The smallest absolute Gasteiger partial charge is 0.273 e. The Labute approximate surface area is 172 Å². The summed E-state index contributed by atoms with van der Waals surface area (Å²) in [4.78, 5) is 27.9. The zero-order valence-electron chi connectivity index (χ0n) is 16.3. The lowest BCUT2D eigenvalue weighted by molar-refractivity contribution is 0.0781. The SMILES string of the molecule is CCn1ncc(CN(C)C(=O)c2nc(-c3ncco3)nc3ccc(Cl)cc23)c1C. The summed E-state index contributed by atoms with van der Waals surface area (Å²) < 4.78 is 7.21. The van der Waals surface area contributed by atoms with Crippen molar-refractivity contribution in [2.24, 2.45) is 0 Å². The summed E-state index contributed by atoms with van der Waals surface area (Å²) in [6.45, 7) is 5.20. The highest BCUT2D eigenvalue weighted by Crippen LogP contribution is 2.25. The first-order valence-electron chi connectivity index (χ1n) is 9.11. The molecule has 3 heterocycles. The fraction of sp³-hybridized carbons (Fsp3) is 0.250. The standard InChI is InChI=1S/C20H19ClN6O2/c1-4-27-12(2)13(10-23-27)11-26(3)20(28)17-15-9-14(21)5-6-16(15)24-18(25-17)19-22-7-8-29-19/h5-10H,4,11H2,1-3H3. The zero-order chi connectivity index (χ0) is 20.5. The normalized spacial score (nSPS) is 11.2. The Morgan fingerprint density at radius 2 is 2.14 bits per heavy atom. The Bertz CT molecular complexity index is 1190. The van der Waals surface area contributed by atoms with E-state index in [0.717, 1.165) is 17.8 Å². The van der Waals surface area contributed by atoms with Crippen LogP contribution in [0, 0.1) is 6.92 Å². The van der Waals surface area contributed by atoms with Gasteiger partial charge in [0.25, 0.3) is 11.8 Å². The quantitative estimate of drug-likeness (QED) is 0.498. The van der Waals surface area contributed by atoms with E-state index in [1.165, 1.54) is 12.5 Å². The molecule has 0 aliphatic heterocycles. The van der Waals surface area contributed by atoms with Gasteiger partial charge in [-0.2, -0.15) is 5.10 Å². The molecule has 1 amide bonds. The van der Waals surface area contributed by atoms with Crippen LogP contribution in [-0.4, -0.2) is 42.6 Å². The molecular formula is C20H19ClN6O2. The molecule has 0 unspecified atom stereocenters. The Kier molecular flexibility index (Phi) is 5.02. The van der Waals surface area contributed by atoms with Gasteiger partial charge < -0.3 is 9.32 Å². The van der Waals surface area contributed by atoms with Gasteiger partial charge in [0.2, 0.25) is 5.82 Å². The van der Waals surface area contributed by atoms with Gasteiger partial charge in [0.05, 0.1) is 17.9 Å². The number of benzene rings is 1. The van der Waals surface area contributed by atoms with E-state index in [-0.39, 0.29) is 23.3 Å². The average molecular weight is 411 g/mol. The maximum atomic E-state index is 13.3. The molecule has 1 aromatic carbocycles. The molecule has 4 rings (SSSR count). The number of hydrogen-bond acceptors (Lipinski definition) is 6. The van der Waals surface area contributed by atoms with Gasteiger partial charge in [-0.15, -0.1) is 0 Å². The molecule has 0 aliphatic rings. The number of amides is 1. The monoisotopic (exact) mass is 410 g/mol. The molecule has 0 radical (unpaired) electrons. The predicted octanol–water partition coefficient (Wildman–Crippen LogP) is 3.74. The van der Waals surface area contributed by atoms with Crippen LogP contribution in [0.2, 0.25) is 5.02 Å². The number of fused-ring (bicyclic) bond motifs is 1. The van der Waals surface area contributed by atoms with Crippen LogP contribution in [0.25, 0.3) is 22.6 Å². The van der Waals surface area contributed by atoms with Gasteiger partial charge >= 0.3 is 0 Å². The first-order chi connectivity index (χ1) is 14.0. The minimum Gasteiger partial charge on any atom is -0.442 e. The van der Waals surface area contributed by atoms with Crippen molar-refractivity contribution in [3.05, 3.63) is 58.8 Å². The second-order valence-electron chi connectivity index (χ2n) is 6.63. The van der Waals surface area contributed by atoms with E-state index in [9.17, 15) is 4.79 Å². The minimum atomic E-state index is -0.254. The van der Waals surface area contributed by atoms with Crippen LogP contribution in [0.4, 0.5) is 0 Å². The number of nitrogens with zero attached hydrogens (tertiary/aromatic N) is 6. The number of oxazole rings is 1. The minimum absolute atomic E-state index is 0.244.